The molecule has 1 aliphatic carbocycles. The Labute approximate surface area is 359 Å². The van der Waals surface area contributed by atoms with Gasteiger partial charge in [-0.3, -0.25) is 0 Å². The normalized spacial score (nSPS) is 17.8. The summed E-state index contributed by atoms with van der Waals surface area (Å²) < 4.78 is 14.0. The van der Waals surface area contributed by atoms with Crippen molar-refractivity contribution in [2.75, 3.05) is 7.11 Å². The number of hydrogen-bond donors (Lipinski definition) is 1. The average molecular weight is 805 g/mol. The van der Waals surface area contributed by atoms with Gasteiger partial charge in [0.05, 0.1) is 27.6 Å². The molecule has 0 bridgehead atoms. The van der Waals surface area contributed by atoms with Crippen molar-refractivity contribution in [3.05, 3.63) is 192 Å². The van der Waals surface area contributed by atoms with Crippen LogP contribution in [0.1, 0.15) is 53.9 Å². The number of aliphatic imine (C=N–C) groups is 1. The van der Waals surface area contributed by atoms with Gasteiger partial charge in [0.2, 0.25) is 0 Å². The zero-order chi connectivity index (χ0) is 40.9. The molecule has 0 spiro atoms. The SMILES string of the molecule is COC1CCn2c3ccccc3c3ccc4c(c5c(ccc6c7ccccc7n1c65)n4-c1cccc(C4=NC(c5ccccc5)N(Cc5ccc(C6=CCCC=C6)cc5)N4)c1)c32. The van der Waals surface area contributed by atoms with Gasteiger partial charge in [-0.1, -0.05) is 133 Å². The van der Waals surface area contributed by atoms with Gasteiger partial charge in [-0.2, -0.15) is 5.01 Å². The number of nitrogens with one attached hydrogen (secondary N) is 1. The van der Waals surface area contributed by atoms with Gasteiger partial charge in [0.15, 0.2) is 0 Å². The van der Waals surface area contributed by atoms with Gasteiger partial charge in [0.25, 0.3) is 0 Å². The Morgan fingerprint density at radius 2 is 1.37 bits per heavy atom. The molecule has 0 saturated carbocycles. The monoisotopic (exact) mass is 804 g/mol. The number of methoxy groups -OCH3 is 1. The summed E-state index contributed by atoms with van der Waals surface area (Å²) in [5.41, 5.74) is 18.2. The van der Waals surface area contributed by atoms with Crippen molar-refractivity contribution < 1.29 is 4.74 Å². The predicted octanol–water partition coefficient (Wildman–Crippen LogP) is 12.7. The molecule has 3 aromatic heterocycles. The van der Waals surface area contributed by atoms with E-state index in [1.807, 2.05) is 7.11 Å². The van der Waals surface area contributed by atoms with Crippen molar-refractivity contribution in [3.63, 3.8) is 0 Å². The Balaban J connectivity index is 0.989. The smallest absolute Gasteiger partial charge is 0.147 e. The molecule has 0 amide bonds. The van der Waals surface area contributed by atoms with E-state index >= 15 is 0 Å². The lowest BCUT2D eigenvalue weighted by Gasteiger charge is -2.24. The van der Waals surface area contributed by atoms with Crippen molar-refractivity contribution >= 4 is 76.8 Å². The molecule has 7 heteroatoms. The van der Waals surface area contributed by atoms with Crippen LogP contribution >= 0.6 is 0 Å². The van der Waals surface area contributed by atoms with Crippen LogP contribution in [0.4, 0.5) is 0 Å². The van der Waals surface area contributed by atoms with Gasteiger partial charge in [-0.05, 0) is 71.5 Å². The van der Waals surface area contributed by atoms with Gasteiger partial charge < -0.3 is 23.9 Å². The van der Waals surface area contributed by atoms with Gasteiger partial charge in [-0.15, -0.1) is 0 Å². The number of fused-ring (bicyclic) bond motifs is 6. The summed E-state index contributed by atoms with van der Waals surface area (Å²) in [5.74, 6) is 0.859. The van der Waals surface area contributed by atoms with E-state index in [0.29, 0.717) is 6.54 Å². The van der Waals surface area contributed by atoms with Crippen molar-refractivity contribution in [1.82, 2.24) is 24.1 Å². The molecule has 3 aliphatic rings. The number of aromatic nitrogens is 3. The standard InChI is InChI=1S/C55H44N6O/c1-62-49-31-32-58-45-21-10-8-19-41(45)43-27-29-47-50(52(43)58)51-48(30-28-44-42-20-9-11-22-46(42)61(49)53(44)51)60(47)40-18-12-17-39(33-40)54-56-55(38-15-6-3-7-16-38)59(57-54)34-35-23-25-37(26-24-35)36-13-4-2-5-14-36/h3-4,6-30,33,49,55H,2,5,31-32,34H2,1H3,(H,56,57). The van der Waals surface area contributed by atoms with Gasteiger partial charge in [0.1, 0.15) is 18.2 Å². The van der Waals surface area contributed by atoms with Gasteiger partial charge >= 0.3 is 0 Å². The largest absolute Gasteiger partial charge is 0.361 e. The highest BCUT2D eigenvalue weighted by atomic mass is 16.5. The molecule has 10 aromatic rings. The predicted molar refractivity (Wildman–Crippen MR) is 255 cm³/mol. The Bertz CT molecular complexity index is 3530. The van der Waals surface area contributed by atoms with Crippen LogP contribution in [0.5, 0.6) is 0 Å². The van der Waals surface area contributed by atoms with Crippen LogP contribution in [0.3, 0.4) is 0 Å². The zero-order valence-corrected chi connectivity index (χ0v) is 34.5. The minimum atomic E-state index is -0.184. The number of hydrogen-bond acceptors (Lipinski definition) is 4. The highest BCUT2D eigenvalue weighted by molar-refractivity contribution is 6.32. The van der Waals surface area contributed by atoms with Crippen LogP contribution < -0.4 is 5.43 Å². The molecule has 300 valence electrons. The van der Waals surface area contributed by atoms with E-state index in [4.69, 9.17) is 9.73 Å². The fourth-order valence-electron chi connectivity index (χ4n) is 10.8. The molecule has 7 aromatic carbocycles. The molecule has 0 radical (unpaired) electrons. The summed E-state index contributed by atoms with van der Waals surface area (Å²) in [6.07, 6.45) is 9.58. The fraction of sp³-hybridized carbons (Fsp3) is 0.145. The lowest BCUT2D eigenvalue weighted by atomic mass is 9.98. The molecule has 2 aliphatic heterocycles. The van der Waals surface area contributed by atoms with Crippen molar-refractivity contribution in [2.24, 2.45) is 4.99 Å². The van der Waals surface area contributed by atoms with Gasteiger partial charge in [0, 0.05) is 75.7 Å². The first kappa shape index (κ1) is 35.6. The van der Waals surface area contributed by atoms with Crippen LogP contribution in [0.15, 0.2) is 175 Å². The van der Waals surface area contributed by atoms with Crippen molar-refractivity contribution in [3.8, 4) is 5.69 Å². The molecule has 0 fully saturated rings. The van der Waals surface area contributed by atoms with E-state index in [1.165, 1.54) is 82.1 Å². The number of nitrogens with zero attached hydrogens (tertiary/aromatic N) is 5. The van der Waals surface area contributed by atoms with E-state index < -0.39 is 0 Å². The molecule has 2 unspecified atom stereocenters. The summed E-state index contributed by atoms with van der Waals surface area (Å²) in [7, 11) is 1.86. The Morgan fingerprint density at radius 3 is 2.15 bits per heavy atom. The van der Waals surface area contributed by atoms with Crippen LogP contribution in [-0.2, 0) is 17.8 Å². The Morgan fingerprint density at radius 1 is 0.645 bits per heavy atom. The molecule has 5 heterocycles. The van der Waals surface area contributed by atoms with Crippen LogP contribution in [0.2, 0.25) is 0 Å². The number of amidine groups is 1. The van der Waals surface area contributed by atoms with Crippen LogP contribution in [0, 0.1) is 0 Å². The zero-order valence-electron chi connectivity index (χ0n) is 34.5. The number of rotatable bonds is 7. The molecular formula is C55H44N6O. The lowest BCUT2D eigenvalue weighted by molar-refractivity contribution is 0.0409. The first-order chi connectivity index (χ1) is 30.7. The summed E-state index contributed by atoms with van der Waals surface area (Å²) in [4.78, 5) is 5.42. The van der Waals surface area contributed by atoms with E-state index in [1.54, 1.807) is 0 Å². The lowest BCUT2D eigenvalue weighted by Crippen LogP contribution is -2.37. The van der Waals surface area contributed by atoms with Crippen LogP contribution in [-0.4, -0.2) is 31.7 Å². The minimum absolute atomic E-state index is 0.147. The van der Waals surface area contributed by atoms with Crippen molar-refractivity contribution in [1.29, 1.82) is 0 Å². The Hall–Kier alpha value is -7.19. The van der Waals surface area contributed by atoms with E-state index in [-0.39, 0.29) is 12.4 Å². The minimum Gasteiger partial charge on any atom is -0.361 e. The molecular weight excluding hydrogens is 761 g/mol. The summed E-state index contributed by atoms with van der Waals surface area (Å²) in [6, 6.07) is 55.6. The van der Waals surface area contributed by atoms with Crippen molar-refractivity contribution in [2.45, 2.75) is 44.7 Å². The summed E-state index contributed by atoms with van der Waals surface area (Å²) in [5, 5.41) is 9.86. The third kappa shape index (κ3) is 5.28. The third-order valence-electron chi connectivity index (χ3n) is 13.6. The molecule has 62 heavy (non-hydrogen) atoms. The van der Waals surface area contributed by atoms with Crippen LogP contribution in [0.25, 0.3) is 76.7 Å². The quantitative estimate of drug-likeness (QED) is 0.175. The number of allylic oxidation sites excluding steroid dienone is 4. The summed E-state index contributed by atoms with van der Waals surface area (Å²) >= 11 is 0. The highest BCUT2D eigenvalue weighted by Crippen LogP contribution is 2.47. The molecule has 2 atom stereocenters. The van der Waals surface area contributed by atoms with Gasteiger partial charge in [-0.25, -0.2) is 4.99 Å². The molecule has 7 nitrogen and oxygen atoms in total. The number of aryl methyl sites for hydroxylation is 1. The molecule has 1 N–H and O–H groups in total. The number of ether oxygens (including phenoxy) is 1. The maximum absolute atomic E-state index is 6.44. The second-order valence-corrected chi connectivity index (χ2v) is 17.0. The van der Waals surface area contributed by atoms with E-state index in [9.17, 15) is 0 Å². The Kier molecular flexibility index (Phi) is 7.99. The maximum Gasteiger partial charge on any atom is 0.147 e. The number of benzene rings is 7. The molecule has 0 saturated heterocycles. The first-order valence-corrected chi connectivity index (χ1v) is 21.9. The fourth-order valence-corrected chi connectivity index (χ4v) is 10.8. The third-order valence-corrected chi connectivity index (χ3v) is 13.6. The maximum atomic E-state index is 6.44. The summed E-state index contributed by atoms with van der Waals surface area (Å²) in [6.45, 7) is 1.53. The second kappa shape index (κ2) is 13.9. The topological polar surface area (TPSA) is 51.6 Å². The first-order valence-electron chi connectivity index (χ1n) is 21.9. The average Bonchev–Trinajstić information content (AvgIpc) is 4.09. The van der Waals surface area contributed by atoms with E-state index in [0.717, 1.165) is 48.5 Å². The highest BCUT2D eigenvalue weighted by Gasteiger charge is 2.31. The van der Waals surface area contributed by atoms with E-state index in [2.05, 4.69) is 194 Å². The number of hydrazine groups is 1. The number of para-hydroxylation sites is 2. The second-order valence-electron chi connectivity index (χ2n) is 17.0. The molecule has 13 rings (SSSR count).